The van der Waals surface area contributed by atoms with Crippen molar-refractivity contribution >= 4 is 11.3 Å². The number of hydrogen-bond donors (Lipinski definition) is 1. The summed E-state index contributed by atoms with van der Waals surface area (Å²) in [5.41, 5.74) is 1.23. The third-order valence-electron chi connectivity index (χ3n) is 4.83. The maximum atomic E-state index is 13.1. The molecule has 0 unspecified atom stereocenters. The Morgan fingerprint density at radius 2 is 2.00 bits per heavy atom. The number of aromatic hydroxyl groups is 1. The Hall–Kier alpha value is -1.63. The summed E-state index contributed by atoms with van der Waals surface area (Å²) in [4.78, 5) is 18.8. The normalized spacial score (nSPS) is 18.0. The van der Waals surface area contributed by atoms with Crippen molar-refractivity contribution in [3.63, 3.8) is 0 Å². The molecule has 0 radical (unpaired) electrons. The van der Waals surface area contributed by atoms with Gasteiger partial charge in [-0.3, -0.25) is 9.69 Å². The molecule has 5 nitrogen and oxygen atoms in total. The molecular weight excluding hydrogens is 322 g/mol. The van der Waals surface area contributed by atoms with Gasteiger partial charge in [0.15, 0.2) is 0 Å². The number of thiophene rings is 1. The Kier molecular flexibility index (Phi) is 5.08. The molecule has 0 bridgehead atoms. The molecule has 1 aliphatic heterocycles. The third kappa shape index (κ3) is 3.14. The molecule has 1 saturated heterocycles. The van der Waals surface area contributed by atoms with E-state index in [0.29, 0.717) is 12.1 Å². The Balaban J connectivity index is 2.12. The largest absolute Gasteiger partial charge is 0.507 e. The second kappa shape index (κ2) is 7.09. The summed E-state index contributed by atoms with van der Waals surface area (Å²) in [6, 6.07) is 5.61. The summed E-state index contributed by atoms with van der Waals surface area (Å²) in [5.74, 6) is 0.111. The highest BCUT2D eigenvalue weighted by molar-refractivity contribution is 7.10. The highest BCUT2D eigenvalue weighted by Crippen LogP contribution is 2.35. The highest BCUT2D eigenvalue weighted by Gasteiger charge is 2.31. The van der Waals surface area contributed by atoms with Crippen LogP contribution >= 0.6 is 11.3 Å². The molecule has 130 valence electrons. The molecular formula is C18H25N3O2S. The number of aromatic nitrogens is 1. The monoisotopic (exact) mass is 347 g/mol. The lowest BCUT2D eigenvalue weighted by Gasteiger charge is -2.37. The standard InChI is InChI=1S/C18H25N3O2S/c1-4-21-13(2)12-14(22)16(18(21)23)17(15-6-5-11-24-15)20-9-7-19(3)8-10-20/h5-6,11-12,17,22H,4,7-10H2,1-3H3/t17-/m0/s1. The Labute approximate surface area is 146 Å². The van der Waals surface area contributed by atoms with Gasteiger partial charge >= 0.3 is 0 Å². The van der Waals surface area contributed by atoms with E-state index in [1.54, 1.807) is 22.0 Å². The molecule has 24 heavy (non-hydrogen) atoms. The van der Waals surface area contributed by atoms with Gasteiger partial charge < -0.3 is 14.6 Å². The van der Waals surface area contributed by atoms with E-state index in [9.17, 15) is 9.90 Å². The Bertz CT molecular complexity index is 746. The van der Waals surface area contributed by atoms with Crippen molar-refractivity contribution in [2.24, 2.45) is 0 Å². The lowest BCUT2D eigenvalue weighted by Crippen LogP contribution is -2.47. The van der Waals surface area contributed by atoms with Crippen LogP contribution < -0.4 is 5.56 Å². The van der Waals surface area contributed by atoms with Crippen molar-refractivity contribution in [3.05, 3.63) is 50.1 Å². The second-order valence-corrected chi connectivity index (χ2v) is 7.37. The SMILES string of the molecule is CCn1c(C)cc(O)c([C@H](c2cccs2)N2CCN(C)CC2)c1=O. The fraction of sp³-hybridized carbons (Fsp3) is 0.500. The van der Waals surface area contributed by atoms with Crippen LogP contribution in [0.1, 0.15) is 29.1 Å². The third-order valence-corrected chi connectivity index (χ3v) is 5.75. The van der Waals surface area contributed by atoms with Crippen LogP contribution in [0.25, 0.3) is 0 Å². The number of rotatable bonds is 4. The Morgan fingerprint density at radius 1 is 1.29 bits per heavy atom. The maximum absolute atomic E-state index is 13.1. The van der Waals surface area contributed by atoms with Gasteiger partial charge in [0.1, 0.15) is 5.75 Å². The predicted octanol–water partition coefficient (Wildman–Crippen LogP) is 2.28. The van der Waals surface area contributed by atoms with Crippen molar-refractivity contribution in [2.45, 2.75) is 26.4 Å². The van der Waals surface area contributed by atoms with Crippen LogP contribution in [-0.2, 0) is 6.54 Å². The van der Waals surface area contributed by atoms with Gasteiger partial charge in [0.05, 0.1) is 11.6 Å². The van der Waals surface area contributed by atoms with Gasteiger partial charge in [-0.25, -0.2) is 0 Å². The number of hydrogen-bond acceptors (Lipinski definition) is 5. The first-order valence-electron chi connectivity index (χ1n) is 8.42. The average molecular weight is 347 g/mol. The van der Waals surface area contributed by atoms with Crippen LogP contribution in [0.15, 0.2) is 28.4 Å². The van der Waals surface area contributed by atoms with Crippen LogP contribution in [0.5, 0.6) is 5.75 Å². The number of pyridine rings is 1. The van der Waals surface area contributed by atoms with Crippen molar-refractivity contribution in [2.75, 3.05) is 33.2 Å². The van der Waals surface area contributed by atoms with Gasteiger partial charge in [0.2, 0.25) is 0 Å². The summed E-state index contributed by atoms with van der Waals surface area (Å²) < 4.78 is 1.74. The molecule has 1 atom stereocenters. The fourth-order valence-electron chi connectivity index (χ4n) is 3.45. The van der Waals surface area contributed by atoms with Crippen molar-refractivity contribution in [1.29, 1.82) is 0 Å². The molecule has 2 aromatic heterocycles. The average Bonchev–Trinajstić information content (AvgIpc) is 3.06. The van der Waals surface area contributed by atoms with E-state index in [2.05, 4.69) is 22.9 Å². The molecule has 0 spiro atoms. The zero-order valence-corrected chi connectivity index (χ0v) is 15.3. The topological polar surface area (TPSA) is 48.7 Å². The van der Waals surface area contributed by atoms with Gasteiger partial charge in [0.25, 0.3) is 5.56 Å². The number of nitrogens with zero attached hydrogens (tertiary/aromatic N) is 3. The summed E-state index contributed by atoms with van der Waals surface area (Å²) in [5, 5.41) is 12.6. The smallest absolute Gasteiger partial charge is 0.259 e. The van der Waals surface area contributed by atoms with Gasteiger partial charge in [0, 0.05) is 43.3 Å². The minimum atomic E-state index is -0.176. The van der Waals surface area contributed by atoms with E-state index < -0.39 is 0 Å². The zero-order chi connectivity index (χ0) is 17.3. The van der Waals surface area contributed by atoms with E-state index in [-0.39, 0.29) is 17.4 Å². The van der Waals surface area contributed by atoms with E-state index in [1.807, 2.05) is 25.3 Å². The van der Waals surface area contributed by atoms with E-state index in [0.717, 1.165) is 36.8 Å². The fourth-order valence-corrected chi connectivity index (χ4v) is 4.32. The first-order valence-corrected chi connectivity index (χ1v) is 9.30. The van der Waals surface area contributed by atoms with Gasteiger partial charge in [-0.15, -0.1) is 11.3 Å². The quantitative estimate of drug-likeness (QED) is 0.922. The highest BCUT2D eigenvalue weighted by atomic mass is 32.1. The minimum absolute atomic E-state index is 0.0765. The molecule has 1 N–H and O–H groups in total. The molecule has 0 aliphatic carbocycles. The van der Waals surface area contributed by atoms with Gasteiger partial charge in [-0.2, -0.15) is 0 Å². The number of piperazine rings is 1. The molecule has 0 aromatic carbocycles. The maximum Gasteiger partial charge on any atom is 0.259 e. The first kappa shape index (κ1) is 17.2. The number of likely N-dealkylation sites (N-methyl/N-ethyl adjacent to an activating group) is 1. The minimum Gasteiger partial charge on any atom is -0.507 e. The van der Waals surface area contributed by atoms with Crippen LogP contribution in [0.2, 0.25) is 0 Å². The lowest BCUT2D eigenvalue weighted by molar-refractivity contribution is 0.126. The van der Waals surface area contributed by atoms with Crippen molar-refractivity contribution in [1.82, 2.24) is 14.4 Å². The van der Waals surface area contributed by atoms with E-state index in [1.165, 1.54) is 0 Å². The van der Waals surface area contributed by atoms with Gasteiger partial charge in [-0.1, -0.05) is 6.07 Å². The first-order chi connectivity index (χ1) is 11.5. The molecule has 0 amide bonds. The molecule has 1 fully saturated rings. The summed E-state index contributed by atoms with van der Waals surface area (Å²) in [6.07, 6.45) is 0. The molecule has 3 rings (SSSR count). The predicted molar refractivity (Wildman–Crippen MR) is 98.0 cm³/mol. The van der Waals surface area contributed by atoms with Crippen molar-refractivity contribution in [3.8, 4) is 5.75 Å². The van der Waals surface area contributed by atoms with Crippen LogP contribution in [-0.4, -0.2) is 52.7 Å². The number of aryl methyl sites for hydroxylation is 1. The van der Waals surface area contributed by atoms with E-state index in [4.69, 9.17) is 0 Å². The second-order valence-electron chi connectivity index (χ2n) is 6.39. The Morgan fingerprint density at radius 3 is 2.58 bits per heavy atom. The molecule has 6 heteroatoms. The summed E-state index contributed by atoms with van der Waals surface area (Å²) in [6.45, 7) is 8.15. The molecule has 0 saturated carbocycles. The summed E-state index contributed by atoms with van der Waals surface area (Å²) >= 11 is 1.64. The van der Waals surface area contributed by atoms with E-state index >= 15 is 0 Å². The molecule has 2 aromatic rings. The summed E-state index contributed by atoms with van der Waals surface area (Å²) in [7, 11) is 2.12. The van der Waals surface area contributed by atoms with Crippen LogP contribution in [0, 0.1) is 6.92 Å². The molecule has 1 aliphatic rings. The van der Waals surface area contributed by atoms with Crippen LogP contribution in [0.4, 0.5) is 0 Å². The van der Waals surface area contributed by atoms with Crippen LogP contribution in [0.3, 0.4) is 0 Å². The molecule has 3 heterocycles. The van der Waals surface area contributed by atoms with Gasteiger partial charge in [-0.05, 0) is 38.4 Å². The van der Waals surface area contributed by atoms with Crippen molar-refractivity contribution < 1.29 is 5.11 Å². The lowest BCUT2D eigenvalue weighted by atomic mass is 10.0. The zero-order valence-electron chi connectivity index (χ0n) is 14.5.